The van der Waals surface area contributed by atoms with Crippen molar-refractivity contribution in [3.8, 4) is 11.5 Å². The first kappa shape index (κ1) is 20.1. The molecule has 0 saturated carbocycles. The van der Waals surface area contributed by atoms with E-state index in [1.54, 1.807) is 14.2 Å². The van der Waals surface area contributed by atoms with Crippen LogP contribution in [0.5, 0.6) is 11.5 Å². The van der Waals surface area contributed by atoms with Crippen molar-refractivity contribution in [3.05, 3.63) is 96.1 Å². The number of thiophene rings is 1. The maximum Gasteiger partial charge on any atom is 0.125 e. The zero-order valence-corrected chi connectivity index (χ0v) is 19.5. The van der Waals surface area contributed by atoms with Crippen LogP contribution in [0, 0.1) is 0 Å². The number of methoxy groups -OCH3 is 2. The summed E-state index contributed by atoms with van der Waals surface area (Å²) in [4.78, 5) is 0. The van der Waals surface area contributed by atoms with E-state index in [1.807, 2.05) is 29.5 Å². The molecule has 0 unspecified atom stereocenters. The lowest BCUT2D eigenvalue weighted by Gasteiger charge is -2.14. The van der Waals surface area contributed by atoms with E-state index in [4.69, 9.17) is 9.47 Å². The van der Waals surface area contributed by atoms with Crippen LogP contribution in [0.2, 0.25) is 0 Å². The number of aryl methyl sites for hydroxylation is 1. The predicted octanol–water partition coefficient (Wildman–Crippen LogP) is 8.16. The minimum Gasteiger partial charge on any atom is -0.496 e. The van der Waals surface area contributed by atoms with E-state index in [1.165, 1.54) is 47.3 Å². The third kappa shape index (κ3) is 3.23. The van der Waals surface area contributed by atoms with Gasteiger partial charge in [-0.1, -0.05) is 60.7 Å². The van der Waals surface area contributed by atoms with Gasteiger partial charge in [0.2, 0.25) is 0 Å². The van der Waals surface area contributed by atoms with Gasteiger partial charge in [-0.3, -0.25) is 0 Å². The summed E-state index contributed by atoms with van der Waals surface area (Å²) < 4.78 is 14.0. The lowest BCUT2D eigenvalue weighted by Crippen LogP contribution is -1.99. The summed E-state index contributed by atoms with van der Waals surface area (Å²) in [5, 5.41) is 7.99. The normalized spacial score (nSPS) is 11.6. The smallest absolute Gasteiger partial charge is 0.125 e. The van der Waals surface area contributed by atoms with Gasteiger partial charge in [0.15, 0.2) is 0 Å². The molecule has 1 heterocycles. The highest BCUT2D eigenvalue weighted by atomic mass is 32.1. The number of rotatable bonds is 5. The van der Waals surface area contributed by atoms with Crippen molar-refractivity contribution in [3.63, 3.8) is 0 Å². The maximum absolute atomic E-state index is 5.65. The van der Waals surface area contributed by atoms with Crippen LogP contribution in [0.4, 0.5) is 0 Å². The molecule has 3 heteroatoms. The van der Waals surface area contributed by atoms with Gasteiger partial charge in [0.05, 0.1) is 14.2 Å². The average molecular weight is 449 g/mol. The van der Waals surface area contributed by atoms with Crippen LogP contribution in [0.25, 0.3) is 41.7 Å². The first-order valence-corrected chi connectivity index (χ1v) is 12.0. The standard InChI is InChI=1S/C30H24O2S/c1-31-25-12-7-13-26(32-2)24(25)16-14-21-18-20-9-4-6-11-23(20)29-28-22-10-5-3-8-19(22)15-17-27(28)33-30(21)29/h3-13,15,17-18H,14,16H2,1-2H3. The Hall–Kier alpha value is -3.56. The van der Waals surface area contributed by atoms with Gasteiger partial charge in [0, 0.05) is 25.7 Å². The van der Waals surface area contributed by atoms with Crippen molar-refractivity contribution in [2.24, 2.45) is 0 Å². The molecule has 0 spiro atoms. The molecule has 0 aliphatic heterocycles. The van der Waals surface area contributed by atoms with Crippen molar-refractivity contribution < 1.29 is 9.47 Å². The molecular weight excluding hydrogens is 424 g/mol. The minimum absolute atomic E-state index is 0.857. The SMILES string of the molecule is COc1cccc(OC)c1CCc1cc2ccccc2c2c1sc1ccc3ccccc3c12. The zero-order valence-electron chi connectivity index (χ0n) is 18.7. The van der Waals surface area contributed by atoms with Gasteiger partial charge in [0.1, 0.15) is 11.5 Å². The van der Waals surface area contributed by atoms with E-state index in [0.717, 1.165) is 29.9 Å². The monoisotopic (exact) mass is 448 g/mol. The molecule has 0 amide bonds. The molecule has 0 fully saturated rings. The van der Waals surface area contributed by atoms with E-state index in [0.29, 0.717) is 0 Å². The third-order valence-corrected chi connectivity index (χ3v) is 7.84. The van der Waals surface area contributed by atoms with E-state index >= 15 is 0 Å². The lowest BCUT2D eigenvalue weighted by molar-refractivity contribution is 0.385. The number of ether oxygens (including phenoxy) is 2. The molecule has 0 aliphatic carbocycles. The second-order valence-electron chi connectivity index (χ2n) is 8.36. The Morgan fingerprint density at radius 1 is 0.636 bits per heavy atom. The summed E-state index contributed by atoms with van der Waals surface area (Å²) >= 11 is 1.91. The summed E-state index contributed by atoms with van der Waals surface area (Å²) in [6, 6.07) is 30.4. The number of benzene rings is 5. The van der Waals surface area contributed by atoms with Gasteiger partial charge in [-0.25, -0.2) is 0 Å². The first-order valence-electron chi connectivity index (χ1n) is 11.2. The molecule has 6 rings (SSSR count). The molecular formula is C30H24O2S. The van der Waals surface area contributed by atoms with Crippen LogP contribution in [-0.2, 0) is 12.8 Å². The molecule has 2 nitrogen and oxygen atoms in total. The van der Waals surface area contributed by atoms with Crippen molar-refractivity contribution in [2.45, 2.75) is 12.8 Å². The second kappa shape index (κ2) is 8.09. The molecule has 0 aliphatic rings. The Morgan fingerprint density at radius 3 is 2.03 bits per heavy atom. The second-order valence-corrected chi connectivity index (χ2v) is 9.42. The van der Waals surface area contributed by atoms with Crippen molar-refractivity contribution in [1.29, 1.82) is 0 Å². The molecule has 1 aromatic heterocycles. The Kier molecular flexibility index (Phi) is 4.92. The van der Waals surface area contributed by atoms with Gasteiger partial charge in [0.25, 0.3) is 0 Å². The van der Waals surface area contributed by atoms with Gasteiger partial charge >= 0.3 is 0 Å². The molecule has 33 heavy (non-hydrogen) atoms. The van der Waals surface area contributed by atoms with Crippen LogP contribution in [0.3, 0.4) is 0 Å². The van der Waals surface area contributed by atoms with Crippen LogP contribution < -0.4 is 9.47 Å². The fourth-order valence-electron chi connectivity index (χ4n) is 5.08. The molecule has 0 saturated heterocycles. The molecule has 0 bridgehead atoms. The number of hydrogen-bond acceptors (Lipinski definition) is 3. The van der Waals surface area contributed by atoms with Crippen LogP contribution in [0.1, 0.15) is 11.1 Å². The molecule has 0 atom stereocenters. The summed E-state index contributed by atoms with van der Waals surface area (Å²) in [6.07, 6.45) is 1.78. The van der Waals surface area contributed by atoms with Crippen LogP contribution in [0.15, 0.2) is 84.9 Å². The largest absolute Gasteiger partial charge is 0.496 e. The van der Waals surface area contributed by atoms with Gasteiger partial charge < -0.3 is 9.47 Å². The molecule has 162 valence electrons. The van der Waals surface area contributed by atoms with Crippen LogP contribution in [-0.4, -0.2) is 14.2 Å². The first-order chi connectivity index (χ1) is 16.3. The average Bonchev–Trinajstić information content (AvgIpc) is 3.27. The lowest BCUT2D eigenvalue weighted by atomic mass is 9.95. The predicted molar refractivity (Wildman–Crippen MR) is 141 cm³/mol. The summed E-state index contributed by atoms with van der Waals surface area (Å²) in [6.45, 7) is 0. The van der Waals surface area contributed by atoms with E-state index in [2.05, 4.69) is 66.7 Å². The number of hydrogen-bond donors (Lipinski definition) is 0. The topological polar surface area (TPSA) is 18.5 Å². The Labute approximate surface area is 197 Å². The van der Waals surface area contributed by atoms with Crippen molar-refractivity contribution in [1.82, 2.24) is 0 Å². The number of fused-ring (bicyclic) bond motifs is 7. The molecule has 6 aromatic rings. The fourth-order valence-corrected chi connectivity index (χ4v) is 6.35. The third-order valence-electron chi connectivity index (χ3n) is 6.61. The van der Waals surface area contributed by atoms with Gasteiger partial charge in [-0.2, -0.15) is 0 Å². The highest BCUT2D eigenvalue weighted by Crippen LogP contribution is 2.44. The summed E-state index contributed by atoms with van der Waals surface area (Å²) in [5.74, 6) is 1.77. The fraction of sp³-hybridized carbons (Fsp3) is 0.133. The minimum atomic E-state index is 0.857. The zero-order chi connectivity index (χ0) is 22.4. The Balaban J connectivity index is 1.60. The van der Waals surface area contributed by atoms with Crippen molar-refractivity contribution in [2.75, 3.05) is 14.2 Å². The molecule has 0 N–H and O–H groups in total. The van der Waals surface area contributed by atoms with E-state index in [9.17, 15) is 0 Å². The Bertz CT molecular complexity index is 1620. The quantitative estimate of drug-likeness (QED) is 0.265. The maximum atomic E-state index is 5.65. The Morgan fingerprint density at radius 2 is 1.30 bits per heavy atom. The molecule has 5 aromatic carbocycles. The summed E-state index contributed by atoms with van der Waals surface area (Å²) in [5.41, 5.74) is 2.50. The van der Waals surface area contributed by atoms with E-state index < -0.39 is 0 Å². The molecule has 0 radical (unpaired) electrons. The van der Waals surface area contributed by atoms with Crippen molar-refractivity contribution >= 4 is 53.1 Å². The highest BCUT2D eigenvalue weighted by molar-refractivity contribution is 7.26. The highest BCUT2D eigenvalue weighted by Gasteiger charge is 2.17. The van der Waals surface area contributed by atoms with Crippen LogP contribution >= 0.6 is 11.3 Å². The van der Waals surface area contributed by atoms with Gasteiger partial charge in [-0.05, 0) is 64.2 Å². The summed E-state index contributed by atoms with van der Waals surface area (Å²) in [7, 11) is 3.45. The van der Waals surface area contributed by atoms with E-state index in [-0.39, 0.29) is 0 Å². The van der Waals surface area contributed by atoms with Gasteiger partial charge in [-0.15, -0.1) is 11.3 Å².